The molecule has 0 aliphatic heterocycles. The van der Waals surface area contributed by atoms with Crippen molar-refractivity contribution in [2.45, 2.75) is 31.7 Å². The van der Waals surface area contributed by atoms with Crippen LogP contribution in [0.15, 0.2) is 41.0 Å². The lowest BCUT2D eigenvalue weighted by Gasteiger charge is -2.26. The lowest BCUT2D eigenvalue weighted by atomic mass is 9.86. The molecular weight excluding hydrogens is 374 g/mol. The quantitative estimate of drug-likeness (QED) is 0.838. The zero-order valence-electron chi connectivity index (χ0n) is 13.0. The maximum absolute atomic E-state index is 12.3. The average Bonchev–Trinajstić information content (AvgIpc) is 3.05. The van der Waals surface area contributed by atoms with E-state index >= 15 is 0 Å². The van der Waals surface area contributed by atoms with Crippen molar-refractivity contribution >= 4 is 27.8 Å². The summed E-state index contributed by atoms with van der Waals surface area (Å²) in [5.74, 6) is -1.25. The molecular formula is C17H18BrN3O3. The van der Waals surface area contributed by atoms with Gasteiger partial charge in [0.05, 0.1) is 11.6 Å². The molecule has 126 valence electrons. The maximum Gasteiger partial charge on any atom is 0.306 e. The highest BCUT2D eigenvalue weighted by atomic mass is 79.9. The van der Waals surface area contributed by atoms with E-state index in [2.05, 4.69) is 26.3 Å². The van der Waals surface area contributed by atoms with Crippen LogP contribution in [0, 0.1) is 5.92 Å². The number of nitrogens with one attached hydrogen (secondary N) is 1. The molecule has 1 fully saturated rings. The molecule has 0 spiro atoms. The van der Waals surface area contributed by atoms with Crippen LogP contribution >= 0.6 is 15.9 Å². The van der Waals surface area contributed by atoms with Crippen LogP contribution in [0.3, 0.4) is 0 Å². The third-order valence-electron chi connectivity index (χ3n) is 4.31. The fraction of sp³-hybridized carbons (Fsp3) is 0.353. The van der Waals surface area contributed by atoms with Crippen LogP contribution in [0.4, 0.5) is 0 Å². The van der Waals surface area contributed by atoms with Gasteiger partial charge < -0.3 is 10.4 Å². The maximum atomic E-state index is 12.3. The number of aliphatic carboxylic acids is 1. The van der Waals surface area contributed by atoms with Gasteiger partial charge in [-0.3, -0.25) is 9.59 Å². The number of hydrogen-bond acceptors (Lipinski definition) is 3. The second-order valence-corrected chi connectivity index (χ2v) is 6.90. The Morgan fingerprint density at radius 2 is 1.96 bits per heavy atom. The van der Waals surface area contributed by atoms with Gasteiger partial charge >= 0.3 is 5.97 Å². The van der Waals surface area contributed by atoms with Crippen LogP contribution in [0.5, 0.6) is 0 Å². The van der Waals surface area contributed by atoms with Crippen molar-refractivity contribution in [3.05, 3.63) is 46.7 Å². The molecule has 0 saturated heterocycles. The van der Waals surface area contributed by atoms with Crippen LogP contribution < -0.4 is 5.32 Å². The lowest BCUT2D eigenvalue weighted by Crippen LogP contribution is -2.38. The minimum Gasteiger partial charge on any atom is -0.481 e. The lowest BCUT2D eigenvalue weighted by molar-refractivity contribution is -0.142. The molecule has 2 N–H and O–H groups in total. The molecule has 1 saturated carbocycles. The Morgan fingerprint density at radius 1 is 1.21 bits per heavy atom. The summed E-state index contributed by atoms with van der Waals surface area (Å²) in [6.07, 6.45) is 4.33. The number of halogens is 1. The van der Waals surface area contributed by atoms with Crippen molar-refractivity contribution in [3.8, 4) is 5.69 Å². The van der Waals surface area contributed by atoms with Gasteiger partial charge in [-0.25, -0.2) is 4.68 Å². The molecule has 6 nitrogen and oxygen atoms in total. The van der Waals surface area contributed by atoms with Crippen molar-refractivity contribution in [1.29, 1.82) is 0 Å². The van der Waals surface area contributed by atoms with Crippen molar-refractivity contribution in [3.63, 3.8) is 0 Å². The van der Waals surface area contributed by atoms with E-state index in [-0.39, 0.29) is 17.9 Å². The highest BCUT2D eigenvalue weighted by Gasteiger charge is 2.27. The van der Waals surface area contributed by atoms with E-state index in [9.17, 15) is 9.59 Å². The molecule has 1 amide bonds. The number of amides is 1. The number of carbonyl (C=O) groups excluding carboxylic acids is 1. The largest absolute Gasteiger partial charge is 0.481 e. The number of aromatic nitrogens is 2. The molecule has 3 rings (SSSR count). The third-order valence-corrected chi connectivity index (χ3v) is 4.80. The zero-order valence-corrected chi connectivity index (χ0v) is 14.6. The summed E-state index contributed by atoms with van der Waals surface area (Å²) in [5, 5.41) is 16.3. The second-order valence-electron chi connectivity index (χ2n) is 5.99. The summed E-state index contributed by atoms with van der Waals surface area (Å²) in [7, 11) is 0. The van der Waals surface area contributed by atoms with E-state index in [1.807, 2.05) is 24.3 Å². The number of nitrogens with zero attached hydrogens (tertiary/aromatic N) is 2. The summed E-state index contributed by atoms with van der Waals surface area (Å²) < 4.78 is 2.60. The van der Waals surface area contributed by atoms with Gasteiger partial charge in [-0.2, -0.15) is 5.10 Å². The molecule has 24 heavy (non-hydrogen) atoms. The number of benzene rings is 1. The minimum atomic E-state index is -0.743. The number of hydrogen-bond donors (Lipinski definition) is 2. The van der Waals surface area contributed by atoms with Crippen LogP contribution in [0.25, 0.3) is 5.69 Å². The Bertz CT molecular complexity index is 751. The molecule has 0 radical (unpaired) electrons. The fourth-order valence-corrected chi connectivity index (χ4v) is 3.34. The molecule has 1 aromatic heterocycles. The topological polar surface area (TPSA) is 84.2 Å². The predicted molar refractivity (Wildman–Crippen MR) is 92.1 cm³/mol. The van der Waals surface area contributed by atoms with E-state index in [1.165, 1.54) is 0 Å². The first kappa shape index (κ1) is 16.7. The summed E-state index contributed by atoms with van der Waals surface area (Å²) in [6.45, 7) is 0. The number of rotatable bonds is 4. The standard InChI is InChI=1S/C17H18BrN3O3/c18-12-2-1-3-14(10-12)21-9-8-15(20-21)16(22)19-13-6-4-11(5-7-13)17(23)24/h1-3,8-11,13H,4-7H2,(H,19,22)(H,23,24). The van der Waals surface area contributed by atoms with Gasteiger partial charge in [0.25, 0.3) is 5.91 Å². The Hall–Kier alpha value is -2.15. The number of carboxylic acids is 1. The zero-order chi connectivity index (χ0) is 17.1. The molecule has 2 aromatic rings. The molecule has 7 heteroatoms. The van der Waals surface area contributed by atoms with Crippen molar-refractivity contribution < 1.29 is 14.7 Å². The van der Waals surface area contributed by atoms with E-state index in [4.69, 9.17) is 5.11 Å². The number of carboxylic acid groups (broad SMARTS) is 1. The SMILES string of the molecule is O=C(NC1CCC(C(=O)O)CC1)c1ccn(-c2cccc(Br)c2)n1. The summed E-state index contributed by atoms with van der Waals surface area (Å²) in [5.41, 5.74) is 1.22. The van der Waals surface area contributed by atoms with Gasteiger partial charge in [-0.05, 0) is 49.9 Å². The molecule has 0 atom stereocenters. The minimum absolute atomic E-state index is 0.0177. The summed E-state index contributed by atoms with van der Waals surface area (Å²) in [4.78, 5) is 23.3. The van der Waals surface area contributed by atoms with Gasteiger partial charge in [-0.1, -0.05) is 22.0 Å². The Morgan fingerprint density at radius 3 is 2.62 bits per heavy atom. The van der Waals surface area contributed by atoms with Gasteiger partial charge in [0.15, 0.2) is 5.69 Å². The van der Waals surface area contributed by atoms with E-state index in [0.29, 0.717) is 31.4 Å². The normalized spacial score (nSPS) is 20.5. The molecule has 1 aliphatic rings. The van der Waals surface area contributed by atoms with Crippen molar-refractivity contribution in [1.82, 2.24) is 15.1 Å². The van der Waals surface area contributed by atoms with E-state index < -0.39 is 5.97 Å². The highest BCUT2D eigenvalue weighted by Crippen LogP contribution is 2.24. The monoisotopic (exact) mass is 391 g/mol. The fourth-order valence-electron chi connectivity index (χ4n) is 2.95. The molecule has 1 aliphatic carbocycles. The van der Waals surface area contributed by atoms with Gasteiger partial charge in [-0.15, -0.1) is 0 Å². The van der Waals surface area contributed by atoms with Crippen molar-refractivity contribution in [2.24, 2.45) is 5.92 Å². The Kier molecular flexibility index (Phi) is 4.99. The van der Waals surface area contributed by atoms with Gasteiger partial charge in [0.1, 0.15) is 0 Å². The van der Waals surface area contributed by atoms with Crippen LogP contribution in [0.1, 0.15) is 36.2 Å². The Balaban J connectivity index is 1.61. The first-order chi connectivity index (χ1) is 11.5. The molecule has 1 heterocycles. The average molecular weight is 392 g/mol. The van der Waals surface area contributed by atoms with E-state index in [1.54, 1.807) is 16.9 Å². The van der Waals surface area contributed by atoms with E-state index in [0.717, 1.165) is 10.2 Å². The van der Waals surface area contributed by atoms with Crippen LogP contribution in [-0.2, 0) is 4.79 Å². The second kappa shape index (κ2) is 7.17. The highest BCUT2D eigenvalue weighted by molar-refractivity contribution is 9.10. The van der Waals surface area contributed by atoms with Gasteiger partial charge in [0.2, 0.25) is 0 Å². The molecule has 0 unspecified atom stereocenters. The molecule has 1 aromatic carbocycles. The van der Waals surface area contributed by atoms with Gasteiger partial charge in [0, 0.05) is 16.7 Å². The smallest absolute Gasteiger partial charge is 0.306 e. The number of carbonyl (C=O) groups is 2. The predicted octanol–water partition coefficient (Wildman–Crippen LogP) is 3.01. The first-order valence-corrected chi connectivity index (χ1v) is 8.67. The van der Waals surface area contributed by atoms with Crippen LogP contribution in [0.2, 0.25) is 0 Å². The Labute approximate surface area is 148 Å². The van der Waals surface area contributed by atoms with Crippen LogP contribution in [-0.4, -0.2) is 32.8 Å². The summed E-state index contributed by atoms with van der Waals surface area (Å²) >= 11 is 3.41. The third kappa shape index (κ3) is 3.84. The first-order valence-electron chi connectivity index (χ1n) is 7.88. The molecule has 0 bridgehead atoms. The van der Waals surface area contributed by atoms with Crippen molar-refractivity contribution in [2.75, 3.05) is 0 Å². The summed E-state index contributed by atoms with van der Waals surface area (Å²) in [6, 6.07) is 9.35.